The highest BCUT2D eigenvalue weighted by molar-refractivity contribution is 5.86. The van der Waals surface area contributed by atoms with Gasteiger partial charge in [0.1, 0.15) is 0 Å². The van der Waals surface area contributed by atoms with Crippen LogP contribution in [-0.4, -0.2) is 72.5 Å². The van der Waals surface area contributed by atoms with Gasteiger partial charge in [-0.25, -0.2) is 0 Å². The smallest absolute Gasteiger partial charge is 0.290 e. The zero-order valence-corrected chi connectivity index (χ0v) is 12.6. The fourth-order valence-corrected chi connectivity index (χ4v) is 2.74. The Bertz CT molecular complexity index is 356. The van der Waals surface area contributed by atoms with Crippen molar-refractivity contribution in [3.05, 3.63) is 0 Å². The number of carbonyl (C=O) groups excluding carboxylic acids is 2. The van der Waals surface area contributed by atoms with E-state index in [1.165, 1.54) is 12.8 Å². The minimum absolute atomic E-state index is 0.00556. The molecule has 0 saturated carbocycles. The molecule has 1 atom stereocenters. The first kappa shape index (κ1) is 17.4. The molecule has 1 unspecified atom stereocenters. The van der Waals surface area contributed by atoms with E-state index >= 15 is 0 Å². The molecular formula is C14H25N3O4. The monoisotopic (exact) mass is 299 g/mol. The van der Waals surface area contributed by atoms with Gasteiger partial charge in [0.05, 0.1) is 6.54 Å². The Morgan fingerprint density at radius 2 is 1.95 bits per heavy atom. The molecule has 2 saturated heterocycles. The van der Waals surface area contributed by atoms with Crippen LogP contribution >= 0.6 is 0 Å². The molecule has 2 fully saturated rings. The number of nitrogens with zero attached hydrogens (tertiary/aromatic N) is 2. The minimum Gasteiger partial charge on any atom is -0.483 e. The molecule has 0 aromatic carbocycles. The maximum atomic E-state index is 12.3. The molecule has 2 heterocycles. The molecule has 2 rings (SSSR count). The first-order valence-corrected chi connectivity index (χ1v) is 7.44. The molecule has 2 aliphatic rings. The predicted octanol–water partition coefficient (Wildman–Crippen LogP) is -0.232. The van der Waals surface area contributed by atoms with Crippen molar-refractivity contribution in [1.82, 2.24) is 15.1 Å². The molecule has 120 valence electrons. The molecule has 21 heavy (non-hydrogen) atoms. The highest BCUT2D eigenvalue weighted by Crippen LogP contribution is 2.12. The summed E-state index contributed by atoms with van der Waals surface area (Å²) >= 11 is 0. The third-order valence-corrected chi connectivity index (χ3v) is 3.73. The second-order valence-electron chi connectivity index (χ2n) is 5.48. The minimum atomic E-state index is -0.250. The molecule has 0 spiro atoms. The molecule has 7 heteroatoms. The zero-order chi connectivity index (χ0) is 15.7. The fraction of sp³-hybridized carbons (Fsp3) is 0.786. The van der Waals surface area contributed by atoms with Gasteiger partial charge in [0, 0.05) is 25.6 Å². The number of hydrogen-bond donors (Lipinski definition) is 2. The lowest BCUT2D eigenvalue weighted by Gasteiger charge is -2.26. The number of amides is 2. The van der Waals surface area contributed by atoms with Gasteiger partial charge in [-0.1, -0.05) is 6.92 Å². The SMILES string of the molecule is CC(CN1CCCC1)C(=O)N1CCCNC(=O)C1.O=CO. The van der Waals surface area contributed by atoms with Crippen molar-refractivity contribution in [2.24, 2.45) is 5.92 Å². The molecule has 0 radical (unpaired) electrons. The number of rotatable bonds is 3. The van der Waals surface area contributed by atoms with Crippen LogP contribution in [0, 0.1) is 5.92 Å². The number of carboxylic acid groups (broad SMARTS) is 1. The van der Waals surface area contributed by atoms with E-state index in [4.69, 9.17) is 9.90 Å². The maximum absolute atomic E-state index is 12.3. The molecule has 2 N–H and O–H groups in total. The first-order chi connectivity index (χ1) is 10.1. The summed E-state index contributed by atoms with van der Waals surface area (Å²) in [7, 11) is 0. The Labute approximate surface area is 125 Å². The second kappa shape index (κ2) is 9.33. The molecule has 2 aliphatic heterocycles. The standard InChI is InChI=1S/C13H23N3O2.CH2O2/c1-11(9-15-6-2-3-7-15)13(18)16-8-4-5-14-12(17)10-16;2-1-3/h11H,2-10H2,1H3,(H,14,17);1H,(H,2,3). The third-order valence-electron chi connectivity index (χ3n) is 3.73. The number of likely N-dealkylation sites (tertiary alicyclic amines) is 1. The topological polar surface area (TPSA) is 90.0 Å². The summed E-state index contributed by atoms with van der Waals surface area (Å²) in [5.41, 5.74) is 0. The van der Waals surface area contributed by atoms with Crippen LogP contribution in [0.1, 0.15) is 26.2 Å². The Morgan fingerprint density at radius 1 is 1.33 bits per heavy atom. The molecule has 7 nitrogen and oxygen atoms in total. The van der Waals surface area contributed by atoms with Gasteiger partial charge in [0.2, 0.25) is 11.8 Å². The fourth-order valence-electron chi connectivity index (χ4n) is 2.74. The summed E-state index contributed by atoms with van der Waals surface area (Å²) in [5.74, 6) is 0.0853. The number of carbonyl (C=O) groups is 3. The van der Waals surface area contributed by atoms with E-state index in [-0.39, 0.29) is 30.7 Å². The van der Waals surface area contributed by atoms with Crippen molar-refractivity contribution in [2.45, 2.75) is 26.2 Å². The summed E-state index contributed by atoms with van der Waals surface area (Å²) < 4.78 is 0. The lowest BCUT2D eigenvalue weighted by molar-refractivity contribution is -0.138. The Balaban J connectivity index is 0.000000677. The quantitative estimate of drug-likeness (QED) is 0.703. The van der Waals surface area contributed by atoms with Gasteiger partial charge in [-0.15, -0.1) is 0 Å². The van der Waals surface area contributed by atoms with Gasteiger partial charge >= 0.3 is 0 Å². The van der Waals surface area contributed by atoms with Crippen molar-refractivity contribution in [3.63, 3.8) is 0 Å². The van der Waals surface area contributed by atoms with Crippen LogP contribution in [0.5, 0.6) is 0 Å². The lowest BCUT2D eigenvalue weighted by atomic mass is 10.1. The van der Waals surface area contributed by atoms with Crippen LogP contribution < -0.4 is 5.32 Å². The van der Waals surface area contributed by atoms with Crippen LogP contribution in [0.25, 0.3) is 0 Å². The summed E-state index contributed by atoms with van der Waals surface area (Å²) in [6.45, 7) is 6.38. The van der Waals surface area contributed by atoms with Gasteiger partial charge in [-0.05, 0) is 32.4 Å². The van der Waals surface area contributed by atoms with Gasteiger partial charge in [-0.3, -0.25) is 14.4 Å². The van der Waals surface area contributed by atoms with Crippen LogP contribution in [0.4, 0.5) is 0 Å². The van der Waals surface area contributed by atoms with E-state index < -0.39 is 0 Å². The Kier molecular flexibility index (Phi) is 7.74. The van der Waals surface area contributed by atoms with E-state index in [1.54, 1.807) is 4.90 Å². The average Bonchev–Trinajstić information content (AvgIpc) is 2.85. The molecule has 0 bridgehead atoms. The van der Waals surface area contributed by atoms with E-state index in [2.05, 4.69) is 10.2 Å². The van der Waals surface area contributed by atoms with Crippen molar-refractivity contribution in [1.29, 1.82) is 0 Å². The van der Waals surface area contributed by atoms with E-state index in [1.807, 2.05) is 6.92 Å². The van der Waals surface area contributed by atoms with E-state index in [9.17, 15) is 9.59 Å². The highest BCUT2D eigenvalue weighted by atomic mass is 16.3. The Hall–Kier alpha value is -1.63. The number of hydrogen-bond acceptors (Lipinski definition) is 4. The van der Waals surface area contributed by atoms with Crippen LogP contribution in [-0.2, 0) is 14.4 Å². The number of nitrogens with one attached hydrogen (secondary N) is 1. The summed E-state index contributed by atoms with van der Waals surface area (Å²) in [6.07, 6.45) is 3.34. The Morgan fingerprint density at radius 3 is 2.57 bits per heavy atom. The third kappa shape index (κ3) is 6.12. The maximum Gasteiger partial charge on any atom is 0.290 e. The highest BCUT2D eigenvalue weighted by Gasteiger charge is 2.26. The van der Waals surface area contributed by atoms with Crippen LogP contribution in [0.15, 0.2) is 0 Å². The van der Waals surface area contributed by atoms with Crippen molar-refractivity contribution in [3.8, 4) is 0 Å². The largest absolute Gasteiger partial charge is 0.483 e. The van der Waals surface area contributed by atoms with Crippen LogP contribution in [0.2, 0.25) is 0 Å². The van der Waals surface area contributed by atoms with Gasteiger partial charge in [-0.2, -0.15) is 0 Å². The summed E-state index contributed by atoms with van der Waals surface area (Å²) in [5, 5.41) is 9.69. The lowest BCUT2D eigenvalue weighted by Crippen LogP contribution is -2.43. The molecule has 0 aromatic heterocycles. The summed E-state index contributed by atoms with van der Waals surface area (Å²) in [4.78, 5) is 36.2. The normalized spacial score (nSPS) is 20.8. The predicted molar refractivity (Wildman–Crippen MR) is 77.7 cm³/mol. The van der Waals surface area contributed by atoms with Crippen molar-refractivity contribution in [2.75, 3.05) is 39.3 Å². The molecular weight excluding hydrogens is 274 g/mol. The molecule has 0 aliphatic carbocycles. The average molecular weight is 299 g/mol. The summed E-state index contributed by atoms with van der Waals surface area (Å²) in [6, 6.07) is 0. The first-order valence-electron chi connectivity index (χ1n) is 7.44. The van der Waals surface area contributed by atoms with E-state index in [0.29, 0.717) is 13.1 Å². The van der Waals surface area contributed by atoms with E-state index in [0.717, 1.165) is 26.1 Å². The zero-order valence-electron chi connectivity index (χ0n) is 12.6. The van der Waals surface area contributed by atoms with Gasteiger partial charge in [0.15, 0.2) is 0 Å². The van der Waals surface area contributed by atoms with Crippen molar-refractivity contribution < 1.29 is 19.5 Å². The van der Waals surface area contributed by atoms with Crippen molar-refractivity contribution >= 4 is 18.3 Å². The molecule has 2 amide bonds. The van der Waals surface area contributed by atoms with Gasteiger partial charge < -0.3 is 20.2 Å². The van der Waals surface area contributed by atoms with Gasteiger partial charge in [0.25, 0.3) is 6.47 Å². The second-order valence-corrected chi connectivity index (χ2v) is 5.48. The molecule has 0 aromatic rings. The van der Waals surface area contributed by atoms with Crippen LogP contribution in [0.3, 0.4) is 0 Å².